The number of carbonyl (C=O) groups is 1. The second kappa shape index (κ2) is 7.72. The molecule has 1 amide bonds. The van der Waals surface area contributed by atoms with Crippen LogP contribution in [0.2, 0.25) is 0 Å². The minimum absolute atomic E-state index is 0.00952. The summed E-state index contributed by atoms with van der Waals surface area (Å²) in [6.45, 7) is 3.61. The number of rotatable bonds is 6. The zero-order valence-electron chi connectivity index (χ0n) is 15.4. The molecule has 1 aromatic carbocycles. The molecule has 0 radical (unpaired) electrons. The fourth-order valence-corrected chi connectivity index (χ4v) is 3.53. The summed E-state index contributed by atoms with van der Waals surface area (Å²) in [6.07, 6.45) is 1.84. The first kappa shape index (κ1) is 18.2. The summed E-state index contributed by atoms with van der Waals surface area (Å²) in [5.41, 5.74) is 1.17. The average molecular weight is 348 g/mol. The van der Waals surface area contributed by atoms with E-state index in [4.69, 9.17) is 14.2 Å². The summed E-state index contributed by atoms with van der Waals surface area (Å²) in [5.74, 6) is 0.891. The van der Waals surface area contributed by atoms with Gasteiger partial charge in [-0.2, -0.15) is 0 Å². The van der Waals surface area contributed by atoms with E-state index < -0.39 is 0 Å². The summed E-state index contributed by atoms with van der Waals surface area (Å²) in [4.78, 5) is 15.6. The van der Waals surface area contributed by atoms with Gasteiger partial charge in [-0.05, 0) is 24.1 Å². The highest BCUT2D eigenvalue weighted by atomic mass is 16.5. The first-order valence-electron chi connectivity index (χ1n) is 8.81. The maximum absolute atomic E-state index is 11.7. The minimum atomic E-state index is -0.101. The van der Waals surface area contributed by atoms with Gasteiger partial charge in [0.1, 0.15) is 12.4 Å². The topological polar surface area (TPSA) is 51.2 Å². The van der Waals surface area contributed by atoms with Crippen molar-refractivity contribution in [1.29, 1.82) is 0 Å². The molecule has 6 nitrogen and oxygen atoms in total. The predicted molar refractivity (Wildman–Crippen MR) is 94.6 cm³/mol. The van der Waals surface area contributed by atoms with Crippen molar-refractivity contribution in [1.82, 2.24) is 9.80 Å². The summed E-state index contributed by atoms with van der Waals surface area (Å²) in [7, 11) is 5.18. The number of methoxy groups -OCH3 is 1. The molecular weight excluding hydrogens is 320 g/mol. The minimum Gasteiger partial charge on any atom is -0.497 e. The van der Waals surface area contributed by atoms with E-state index in [0.717, 1.165) is 38.2 Å². The van der Waals surface area contributed by atoms with Crippen molar-refractivity contribution in [3.05, 3.63) is 29.8 Å². The molecule has 0 aromatic heterocycles. The predicted octanol–water partition coefficient (Wildman–Crippen LogP) is 1.53. The molecule has 0 aliphatic carbocycles. The lowest BCUT2D eigenvalue weighted by Gasteiger charge is -2.53. The van der Waals surface area contributed by atoms with Crippen LogP contribution in [0.4, 0.5) is 0 Å². The molecule has 2 aliphatic heterocycles. The lowest BCUT2D eigenvalue weighted by molar-refractivity contribution is -0.200. The summed E-state index contributed by atoms with van der Waals surface area (Å²) >= 11 is 0. The lowest BCUT2D eigenvalue weighted by Crippen LogP contribution is -2.65. The molecule has 3 rings (SSSR count). The van der Waals surface area contributed by atoms with Gasteiger partial charge in [-0.25, -0.2) is 0 Å². The Labute approximate surface area is 149 Å². The second-order valence-electron chi connectivity index (χ2n) is 7.24. The van der Waals surface area contributed by atoms with Crippen LogP contribution >= 0.6 is 0 Å². The second-order valence-corrected chi connectivity index (χ2v) is 7.24. The van der Waals surface area contributed by atoms with Gasteiger partial charge < -0.3 is 19.1 Å². The highest BCUT2D eigenvalue weighted by Crippen LogP contribution is 2.36. The Hall–Kier alpha value is -1.63. The molecule has 1 atom stereocenters. The number of carbonyl (C=O) groups excluding carboxylic acids is 1. The van der Waals surface area contributed by atoms with Gasteiger partial charge in [0.15, 0.2) is 0 Å². The molecule has 25 heavy (non-hydrogen) atoms. The van der Waals surface area contributed by atoms with Crippen LogP contribution in [0, 0.1) is 0 Å². The quantitative estimate of drug-likeness (QED) is 0.780. The third-order valence-electron chi connectivity index (χ3n) is 4.98. The molecule has 2 fully saturated rings. The standard InChI is InChI=1S/C19H28N2O4/c1-20(2)18(22)12-24-17-8-9-25-19(10-17)13-21(14-19)11-15-4-6-16(23-3)7-5-15/h4-7,17H,8-14H2,1-3H3/t17-/m1/s1. The summed E-state index contributed by atoms with van der Waals surface area (Å²) in [5, 5.41) is 0. The molecule has 0 N–H and O–H groups in total. The van der Waals surface area contributed by atoms with Crippen molar-refractivity contribution in [2.24, 2.45) is 0 Å². The van der Waals surface area contributed by atoms with E-state index in [-0.39, 0.29) is 24.2 Å². The molecule has 0 bridgehead atoms. The van der Waals surface area contributed by atoms with Crippen LogP contribution in [-0.2, 0) is 20.8 Å². The van der Waals surface area contributed by atoms with Crippen molar-refractivity contribution in [2.75, 3.05) is 47.5 Å². The Morgan fingerprint density at radius 3 is 2.68 bits per heavy atom. The molecule has 2 heterocycles. The van der Waals surface area contributed by atoms with E-state index in [1.807, 2.05) is 12.1 Å². The first-order valence-corrected chi connectivity index (χ1v) is 8.81. The molecule has 0 saturated carbocycles. The van der Waals surface area contributed by atoms with E-state index in [1.165, 1.54) is 5.56 Å². The Morgan fingerprint density at radius 1 is 1.32 bits per heavy atom. The van der Waals surface area contributed by atoms with Crippen LogP contribution < -0.4 is 4.74 Å². The Balaban J connectivity index is 1.45. The summed E-state index contributed by atoms with van der Waals surface area (Å²) < 4.78 is 17.1. The molecule has 2 saturated heterocycles. The molecule has 2 aliphatic rings. The molecule has 138 valence electrons. The molecule has 6 heteroatoms. The largest absolute Gasteiger partial charge is 0.497 e. The molecule has 1 aromatic rings. The molecule has 0 unspecified atom stereocenters. The highest BCUT2D eigenvalue weighted by molar-refractivity contribution is 5.76. The van der Waals surface area contributed by atoms with Crippen LogP contribution in [0.15, 0.2) is 24.3 Å². The van der Waals surface area contributed by atoms with Gasteiger partial charge >= 0.3 is 0 Å². The van der Waals surface area contributed by atoms with Crippen molar-refractivity contribution in [2.45, 2.75) is 31.1 Å². The zero-order valence-corrected chi connectivity index (χ0v) is 15.4. The van der Waals surface area contributed by atoms with Crippen LogP contribution in [-0.4, -0.2) is 74.9 Å². The van der Waals surface area contributed by atoms with Crippen molar-refractivity contribution in [3.8, 4) is 5.75 Å². The number of amides is 1. The van der Waals surface area contributed by atoms with E-state index in [9.17, 15) is 4.79 Å². The lowest BCUT2D eigenvalue weighted by atomic mass is 9.84. The monoisotopic (exact) mass is 348 g/mol. The van der Waals surface area contributed by atoms with Crippen LogP contribution in [0.5, 0.6) is 5.75 Å². The van der Waals surface area contributed by atoms with Gasteiger partial charge in [-0.15, -0.1) is 0 Å². The fourth-order valence-electron chi connectivity index (χ4n) is 3.53. The van der Waals surface area contributed by atoms with Crippen LogP contribution in [0.1, 0.15) is 18.4 Å². The highest BCUT2D eigenvalue weighted by Gasteiger charge is 2.47. The SMILES string of the molecule is COc1ccc(CN2CC3(C[C@H](OCC(=O)N(C)C)CCO3)C2)cc1. The number of benzene rings is 1. The maximum atomic E-state index is 11.7. The van der Waals surface area contributed by atoms with E-state index in [0.29, 0.717) is 6.61 Å². The van der Waals surface area contributed by atoms with Gasteiger partial charge in [0.25, 0.3) is 0 Å². The van der Waals surface area contributed by atoms with E-state index in [2.05, 4.69) is 17.0 Å². The molecular formula is C19H28N2O4. The number of ether oxygens (including phenoxy) is 3. The summed E-state index contributed by atoms with van der Waals surface area (Å²) in [6, 6.07) is 8.19. The number of hydrogen-bond acceptors (Lipinski definition) is 5. The normalized spacial score (nSPS) is 22.4. The maximum Gasteiger partial charge on any atom is 0.248 e. The van der Waals surface area contributed by atoms with Gasteiger partial charge in [-0.1, -0.05) is 12.1 Å². The van der Waals surface area contributed by atoms with Gasteiger partial charge in [0, 0.05) is 46.8 Å². The van der Waals surface area contributed by atoms with Crippen molar-refractivity contribution in [3.63, 3.8) is 0 Å². The van der Waals surface area contributed by atoms with E-state index in [1.54, 1.807) is 26.1 Å². The third kappa shape index (κ3) is 4.51. The smallest absolute Gasteiger partial charge is 0.248 e. The Kier molecular flexibility index (Phi) is 5.61. The van der Waals surface area contributed by atoms with Crippen molar-refractivity contribution >= 4 is 5.91 Å². The van der Waals surface area contributed by atoms with Gasteiger partial charge in [0.05, 0.1) is 18.8 Å². The fraction of sp³-hybridized carbons (Fsp3) is 0.632. The van der Waals surface area contributed by atoms with Gasteiger partial charge in [0.2, 0.25) is 5.91 Å². The average Bonchev–Trinajstić information content (AvgIpc) is 2.59. The number of likely N-dealkylation sites (N-methyl/N-ethyl adjacent to an activating group) is 1. The van der Waals surface area contributed by atoms with Crippen LogP contribution in [0.3, 0.4) is 0 Å². The Bertz CT molecular complexity index is 582. The first-order chi connectivity index (χ1) is 12.0. The van der Waals surface area contributed by atoms with Crippen LogP contribution in [0.25, 0.3) is 0 Å². The third-order valence-corrected chi connectivity index (χ3v) is 4.98. The molecule has 1 spiro atoms. The zero-order chi connectivity index (χ0) is 17.9. The number of nitrogens with zero attached hydrogens (tertiary/aromatic N) is 2. The van der Waals surface area contributed by atoms with E-state index >= 15 is 0 Å². The van der Waals surface area contributed by atoms with Crippen molar-refractivity contribution < 1.29 is 19.0 Å². The number of likely N-dealkylation sites (tertiary alicyclic amines) is 1. The van der Waals surface area contributed by atoms with Gasteiger partial charge in [-0.3, -0.25) is 9.69 Å². The Morgan fingerprint density at radius 2 is 2.04 bits per heavy atom. The number of hydrogen-bond donors (Lipinski definition) is 0.